The third-order valence-corrected chi connectivity index (χ3v) is 4.00. The maximum absolute atomic E-state index is 10.9. The Balaban J connectivity index is 2.07. The van der Waals surface area contributed by atoms with Gasteiger partial charge in [-0.1, -0.05) is 20.4 Å². The van der Waals surface area contributed by atoms with Gasteiger partial charge in [0.15, 0.2) is 0 Å². The van der Waals surface area contributed by atoms with Crippen LogP contribution in [0.2, 0.25) is 0 Å². The van der Waals surface area contributed by atoms with E-state index in [9.17, 15) is 4.79 Å². The van der Waals surface area contributed by atoms with Gasteiger partial charge in [0.2, 0.25) is 0 Å². The van der Waals surface area contributed by atoms with Crippen molar-refractivity contribution < 1.29 is 9.53 Å². The summed E-state index contributed by atoms with van der Waals surface area (Å²) in [6.45, 7) is 10.0. The molecule has 0 spiro atoms. The fourth-order valence-electron chi connectivity index (χ4n) is 2.94. The van der Waals surface area contributed by atoms with E-state index in [1.807, 2.05) is 0 Å². The number of esters is 1. The molecule has 2 aliphatic rings. The maximum Gasteiger partial charge on any atom is 0.303 e. The molecule has 3 atom stereocenters. The van der Waals surface area contributed by atoms with Crippen molar-refractivity contribution >= 4 is 5.97 Å². The van der Waals surface area contributed by atoms with Crippen LogP contribution in [0.15, 0.2) is 12.2 Å². The Kier molecular flexibility index (Phi) is 1.98. The molecule has 2 aliphatic carbocycles. The largest absolute Gasteiger partial charge is 0.458 e. The van der Waals surface area contributed by atoms with Gasteiger partial charge in [0.25, 0.3) is 0 Å². The van der Waals surface area contributed by atoms with E-state index in [0.29, 0.717) is 17.3 Å². The third-order valence-electron chi connectivity index (χ3n) is 4.00. The van der Waals surface area contributed by atoms with Crippen molar-refractivity contribution in [2.45, 2.75) is 39.7 Å². The van der Waals surface area contributed by atoms with E-state index >= 15 is 0 Å². The summed E-state index contributed by atoms with van der Waals surface area (Å²) in [7, 11) is 0. The Morgan fingerprint density at radius 1 is 1.57 bits per heavy atom. The van der Waals surface area contributed by atoms with Gasteiger partial charge >= 0.3 is 5.97 Å². The van der Waals surface area contributed by atoms with Crippen molar-refractivity contribution in [3.63, 3.8) is 0 Å². The smallest absolute Gasteiger partial charge is 0.303 e. The summed E-state index contributed by atoms with van der Waals surface area (Å²) in [4.78, 5) is 10.9. The predicted molar refractivity (Wildman–Crippen MR) is 54.7 cm³/mol. The fraction of sp³-hybridized carbons (Fsp3) is 0.750. The molecule has 2 rings (SSSR count). The number of carbonyl (C=O) groups is 1. The maximum atomic E-state index is 10.9. The molecule has 0 heterocycles. The number of rotatable bonds is 2. The minimum Gasteiger partial charge on any atom is -0.458 e. The van der Waals surface area contributed by atoms with Crippen molar-refractivity contribution in [3.05, 3.63) is 12.2 Å². The van der Waals surface area contributed by atoms with E-state index in [4.69, 9.17) is 4.74 Å². The molecule has 0 unspecified atom stereocenters. The molecule has 0 amide bonds. The van der Waals surface area contributed by atoms with Crippen LogP contribution in [0.1, 0.15) is 33.6 Å². The summed E-state index contributed by atoms with van der Waals surface area (Å²) in [6, 6.07) is 0. The van der Waals surface area contributed by atoms with Gasteiger partial charge in [-0.3, -0.25) is 4.79 Å². The molecule has 14 heavy (non-hydrogen) atoms. The summed E-state index contributed by atoms with van der Waals surface area (Å²) in [5, 5.41) is 0. The number of hydrogen-bond donors (Lipinski definition) is 0. The Labute approximate surface area is 85.3 Å². The van der Waals surface area contributed by atoms with Crippen LogP contribution in [-0.2, 0) is 9.53 Å². The average Bonchev–Trinajstić information content (AvgIpc) is 2.71. The van der Waals surface area contributed by atoms with Crippen LogP contribution in [-0.4, -0.2) is 12.1 Å². The molecule has 0 aromatic heterocycles. The summed E-state index contributed by atoms with van der Waals surface area (Å²) in [6.07, 6.45) is 2.24. The lowest BCUT2D eigenvalue weighted by molar-refractivity contribution is -0.144. The molecular formula is C12H18O2. The summed E-state index contributed by atoms with van der Waals surface area (Å²) in [5.74, 6) is 1.10. The highest BCUT2D eigenvalue weighted by Gasteiger charge is 2.64. The summed E-state index contributed by atoms with van der Waals surface area (Å²) < 4.78 is 5.26. The van der Waals surface area contributed by atoms with E-state index in [1.165, 1.54) is 13.3 Å². The minimum absolute atomic E-state index is 0.00588. The van der Waals surface area contributed by atoms with E-state index < -0.39 is 0 Å². The Hall–Kier alpha value is -0.790. The molecule has 2 fully saturated rings. The Morgan fingerprint density at radius 2 is 2.21 bits per heavy atom. The van der Waals surface area contributed by atoms with E-state index in [0.717, 1.165) is 12.0 Å². The molecule has 0 aromatic carbocycles. The lowest BCUT2D eigenvalue weighted by Gasteiger charge is -2.19. The van der Waals surface area contributed by atoms with Gasteiger partial charge < -0.3 is 4.74 Å². The van der Waals surface area contributed by atoms with Crippen LogP contribution in [0.4, 0.5) is 0 Å². The zero-order valence-electron chi connectivity index (χ0n) is 9.17. The first kappa shape index (κ1) is 9.75. The van der Waals surface area contributed by atoms with Crippen molar-refractivity contribution in [2.75, 3.05) is 0 Å². The number of hydrogen-bond acceptors (Lipinski definition) is 2. The Bertz CT molecular complexity index is 293. The number of carbonyl (C=O) groups excluding carboxylic acids is 1. The van der Waals surface area contributed by atoms with Crippen molar-refractivity contribution in [1.82, 2.24) is 0 Å². The molecule has 78 valence electrons. The topological polar surface area (TPSA) is 26.3 Å². The Morgan fingerprint density at radius 3 is 2.64 bits per heavy atom. The van der Waals surface area contributed by atoms with Crippen molar-refractivity contribution in [1.29, 1.82) is 0 Å². The lowest BCUT2D eigenvalue weighted by Crippen LogP contribution is -2.19. The molecule has 0 saturated heterocycles. The second kappa shape index (κ2) is 2.85. The monoisotopic (exact) mass is 194 g/mol. The van der Waals surface area contributed by atoms with Gasteiger partial charge in [-0.25, -0.2) is 0 Å². The molecule has 0 bridgehead atoms. The van der Waals surface area contributed by atoms with Gasteiger partial charge in [-0.05, 0) is 35.7 Å². The van der Waals surface area contributed by atoms with E-state index in [-0.39, 0.29) is 12.1 Å². The second-order valence-electron chi connectivity index (χ2n) is 5.02. The first-order valence-corrected chi connectivity index (χ1v) is 5.33. The van der Waals surface area contributed by atoms with Gasteiger partial charge in [0, 0.05) is 6.92 Å². The zero-order valence-corrected chi connectivity index (χ0v) is 9.17. The normalized spacial score (nSPS) is 39.9. The number of fused-ring (bicyclic) bond motifs is 1. The van der Waals surface area contributed by atoms with Crippen LogP contribution in [0.5, 0.6) is 0 Å². The summed E-state index contributed by atoms with van der Waals surface area (Å²) >= 11 is 0. The van der Waals surface area contributed by atoms with Crippen LogP contribution in [0.3, 0.4) is 0 Å². The van der Waals surface area contributed by atoms with Crippen molar-refractivity contribution in [2.24, 2.45) is 17.3 Å². The van der Waals surface area contributed by atoms with Crippen LogP contribution in [0, 0.1) is 17.3 Å². The SMILES string of the molecule is C=C1[C@@H](OC(C)=O)C[C@@]2(C(C)C)C[C@@H]12. The average molecular weight is 194 g/mol. The highest BCUT2D eigenvalue weighted by atomic mass is 16.5. The molecule has 2 saturated carbocycles. The highest BCUT2D eigenvalue weighted by Crippen LogP contribution is 2.69. The van der Waals surface area contributed by atoms with Gasteiger partial charge in [-0.2, -0.15) is 0 Å². The second-order valence-corrected chi connectivity index (χ2v) is 5.02. The molecule has 0 radical (unpaired) electrons. The van der Waals surface area contributed by atoms with E-state index in [1.54, 1.807) is 0 Å². The number of ether oxygens (including phenoxy) is 1. The van der Waals surface area contributed by atoms with Crippen LogP contribution < -0.4 is 0 Å². The molecule has 0 aromatic rings. The quantitative estimate of drug-likeness (QED) is 0.499. The van der Waals surface area contributed by atoms with Crippen LogP contribution >= 0.6 is 0 Å². The molecular weight excluding hydrogens is 176 g/mol. The molecule has 0 N–H and O–H groups in total. The first-order chi connectivity index (χ1) is 6.47. The summed E-state index contributed by atoms with van der Waals surface area (Å²) in [5.41, 5.74) is 1.56. The van der Waals surface area contributed by atoms with Gasteiger partial charge in [0.1, 0.15) is 6.10 Å². The predicted octanol–water partition coefficient (Wildman–Crippen LogP) is 2.54. The van der Waals surface area contributed by atoms with Gasteiger partial charge in [0.05, 0.1) is 0 Å². The van der Waals surface area contributed by atoms with Crippen molar-refractivity contribution in [3.8, 4) is 0 Å². The molecule has 2 nitrogen and oxygen atoms in total. The third kappa shape index (κ3) is 1.20. The first-order valence-electron chi connectivity index (χ1n) is 5.33. The molecule has 0 aliphatic heterocycles. The molecule has 2 heteroatoms. The highest BCUT2D eigenvalue weighted by molar-refractivity contribution is 5.66. The zero-order chi connectivity index (χ0) is 10.5. The van der Waals surface area contributed by atoms with E-state index in [2.05, 4.69) is 20.4 Å². The minimum atomic E-state index is -0.184. The fourth-order valence-corrected chi connectivity index (χ4v) is 2.94. The lowest BCUT2D eigenvalue weighted by atomic mass is 9.89. The van der Waals surface area contributed by atoms with Crippen LogP contribution in [0.25, 0.3) is 0 Å². The standard InChI is InChI=1S/C12H18O2/c1-7(2)12-5-10(12)8(3)11(6-12)14-9(4)13/h7,10-11H,3,5-6H2,1-2,4H3/t10-,11-,12+/m0/s1. The van der Waals surface area contributed by atoms with Gasteiger partial charge in [-0.15, -0.1) is 0 Å².